The van der Waals surface area contributed by atoms with Gasteiger partial charge in [0.2, 0.25) is 10.9 Å². The van der Waals surface area contributed by atoms with Crippen molar-refractivity contribution in [3.8, 4) is 0 Å². The average molecular weight is 265 g/mol. The molecule has 0 unspecified atom stereocenters. The molecule has 0 amide bonds. The maximum Gasteiger partial charge on any atom is 0.230 e. The predicted octanol–water partition coefficient (Wildman–Crippen LogP) is 0.0438. The summed E-state index contributed by atoms with van der Waals surface area (Å²) < 4.78 is 0. The number of imidazole rings is 1. The quantitative estimate of drug-likeness (QED) is 0.350. The van der Waals surface area contributed by atoms with Crippen molar-refractivity contribution in [1.82, 2.24) is 15.0 Å². The topological polar surface area (TPSA) is 135 Å². The minimum Gasteiger partial charge on any atom is -0.370 e. The van der Waals surface area contributed by atoms with Crippen molar-refractivity contribution in [2.75, 3.05) is 12.4 Å². The number of aromatic nitrogens is 3. The molecular weight excluding hydrogens is 254 g/mol. The minimum absolute atomic E-state index is 0.0950. The molecule has 0 aromatic carbocycles. The molecule has 6 N–H and O–H groups in total. The highest BCUT2D eigenvalue weighted by atomic mass is 32.1. The van der Waals surface area contributed by atoms with E-state index in [2.05, 4.69) is 25.3 Å². The second kappa shape index (κ2) is 4.84. The summed E-state index contributed by atoms with van der Waals surface area (Å²) in [4.78, 5) is 26.6. The number of aliphatic imine (C=N–C) groups is 1. The molecule has 2 aromatic rings. The number of hydrogen-bond acceptors (Lipinski definition) is 6. The molecule has 0 saturated heterocycles. The molecule has 0 radical (unpaired) electrons. The van der Waals surface area contributed by atoms with Crippen LogP contribution in [-0.4, -0.2) is 33.7 Å². The lowest BCUT2D eigenvalue weighted by Gasteiger charge is -1.92. The standard InChI is InChI=1S/C9H11N7OS/c1-12-8-13-2-4(14-8)6(17)5-3-18-9(15-5)16-7(10)11/h2-3H,1H3,(H2,12,13,14)(H4,10,11,15,16). The van der Waals surface area contributed by atoms with Gasteiger partial charge in [-0.05, 0) is 0 Å². The molecule has 0 spiro atoms. The monoisotopic (exact) mass is 265 g/mol. The van der Waals surface area contributed by atoms with Crippen LogP contribution in [0, 0.1) is 0 Å². The fraction of sp³-hybridized carbons (Fsp3) is 0.111. The zero-order valence-corrected chi connectivity index (χ0v) is 10.3. The van der Waals surface area contributed by atoms with Crippen LogP contribution < -0.4 is 16.8 Å². The molecule has 0 bridgehead atoms. The Morgan fingerprint density at radius 2 is 2.33 bits per heavy atom. The van der Waals surface area contributed by atoms with E-state index in [4.69, 9.17) is 11.5 Å². The van der Waals surface area contributed by atoms with Gasteiger partial charge >= 0.3 is 0 Å². The van der Waals surface area contributed by atoms with Crippen LogP contribution in [-0.2, 0) is 0 Å². The number of ketones is 1. The van der Waals surface area contributed by atoms with Crippen molar-refractivity contribution >= 4 is 34.2 Å². The number of anilines is 1. The van der Waals surface area contributed by atoms with Gasteiger partial charge in [-0.15, -0.1) is 11.3 Å². The number of H-pyrrole nitrogens is 1. The SMILES string of the molecule is CNc1ncc(C(=O)c2csc(N=C(N)N)n2)[nH]1. The van der Waals surface area contributed by atoms with Crippen molar-refractivity contribution in [1.29, 1.82) is 0 Å². The molecule has 0 saturated carbocycles. The maximum absolute atomic E-state index is 12.0. The lowest BCUT2D eigenvalue weighted by atomic mass is 10.2. The van der Waals surface area contributed by atoms with Gasteiger partial charge in [-0.1, -0.05) is 0 Å². The van der Waals surface area contributed by atoms with Gasteiger partial charge in [-0.2, -0.15) is 4.99 Å². The molecule has 2 aromatic heterocycles. The van der Waals surface area contributed by atoms with Gasteiger partial charge in [0.1, 0.15) is 11.4 Å². The maximum atomic E-state index is 12.0. The molecule has 0 aliphatic carbocycles. The zero-order chi connectivity index (χ0) is 13.1. The predicted molar refractivity (Wildman–Crippen MR) is 69.2 cm³/mol. The number of nitrogens with zero attached hydrogens (tertiary/aromatic N) is 3. The van der Waals surface area contributed by atoms with Crippen LogP contribution in [0.4, 0.5) is 11.1 Å². The van der Waals surface area contributed by atoms with Crippen molar-refractivity contribution in [3.05, 3.63) is 23.0 Å². The highest BCUT2D eigenvalue weighted by molar-refractivity contribution is 7.13. The van der Waals surface area contributed by atoms with Crippen LogP contribution in [0.15, 0.2) is 16.6 Å². The van der Waals surface area contributed by atoms with Crippen LogP contribution in [0.1, 0.15) is 16.2 Å². The first kappa shape index (κ1) is 12.0. The van der Waals surface area contributed by atoms with E-state index >= 15 is 0 Å². The van der Waals surface area contributed by atoms with Crippen molar-refractivity contribution in [2.45, 2.75) is 0 Å². The highest BCUT2D eigenvalue weighted by Crippen LogP contribution is 2.20. The van der Waals surface area contributed by atoms with E-state index in [1.165, 1.54) is 17.5 Å². The Morgan fingerprint density at radius 3 is 2.94 bits per heavy atom. The van der Waals surface area contributed by atoms with Crippen molar-refractivity contribution < 1.29 is 4.79 Å². The molecule has 0 fully saturated rings. The van der Waals surface area contributed by atoms with E-state index in [1.807, 2.05) is 0 Å². The Morgan fingerprint density at radius 1 is 1.56 bits per heavy atom. The van der Waals surface area contributed by atoms with Gasteiger partial charge in [0.05, 0.1) is 6.20 Å². The number of carbonyl (C=O) groups excluding carboxylic acids is 1. The summed E-state index contributed by atoms with van der Waals surface area (Å²) in [5.74, 6) is 0.151. The number of hydrogen-bond donors (Lipinski definition) is 4. The molecule has 94 valence electrons. The van der Waals surface area contributed by atoms with E-state index in [0.29, 0.717) is 16.8 Å². The van der Waals surface area contributed by atoms with Gasteiger partial charge in [-0.25, -0.2) is 9.97 Å². The Bertz CT molecular complexity index is 596. The van der Waals surface area contributed by atoms with Gasteiger partial charge in [-0.3, -0.25) is 4.79 Å². The second-order valence-corrected chi connectivity index (χ2v) is 4.11. The molecule has 8 nitrogen and oxygen atoms in total. The van der Waals surface area contributed by atoms with E-state index < -0.39 is 0 Å². The smallest absolute Gasteiger partial charge is 0.230 e. The number of thiazole rings is 1. The lowest BCUT2D eigenvalue weighted by Crippen LogP contribution is -2.21. The van der Waals surface area contributed by atoms with E-state index in [9.17, 15) is 4.79 Å². The van der Waals surface area contributed by atoms with Gasteiger partial charge in [0, 0.05) is 12.4 Å². The Labute approximate surface area is 106 Å². The van der Waals surface area contributed by atoms with Crippen LogP contribution >= 0.6 is 11.3 Å². The van der Waals surface area contributed by atoms with E-state index in [1.54, 1.807) is 12.4 Å². The number of nitrogens with two attached hydrogens (primary N) is 2. The highest BCUT2D eigenvalue weighted by Gasteiger charge is 2.15. The third kappa shape index (κ3) is 2.46. The van der Waals surface area contributed by atoms with Crippen molar-refractivity contribution in [2.24, 2.45) is 16.5 Å². The fourth-order valence-electron chi connectivity index (χ4n) is 1.23. The summed E-state index contributed by atoms with van der Waals surface area (Å²) in [6.07, 6.45) is 1.44. The summed E-state index contributed by atoms with van der Waals surface area (Å²) in [7, 11) is 1.70. The summed E-state index contributed by atoms with van der Waals surface area (Å²) in [6, 6.07) is 0. The first-order valence-electron chi connectivity index (χ1n) is 4.92. The first-order valence-corrected chi connectivity index (χ1v) is 5.80. The van der Waals surface area contributed by atoms with Gasteiger partial charge < -0.3 is 21.8 Å². The summed E-state index contributed by atoms with van der Waals surface area (Å²) >= 11 is 1.18. The fourth-order valence-corrected chi connectivity index (χ4v) is 1.92. The summed E-state index contributed by atoms with van der Waals surface area (Å²) in [5, 5.41) is 4.72. The number of carbonyl (C=O) groups is 1. The first-order chi connectivity index (χ1) is 8.60. The number of guanidine groups is 1. The zero-order valence-electron chi connectivity index (χ0n) is 9.47. The molecule has 9 heteroatoms. The molecule has 2 heterocycles. The van der Waals surface area contributed by atoms with Gasteiger partial charge in [0.15, 0.2) is 11.9 Å². The number of aromatic amines is 1. The molecular formula is C9H11N7OS. The number of rotatable bonds is 4. The Hall–Kier alpha value is -2.42. The molecule has 18 heavy (non-hydrogen) atoms. The van der Waals surface area contributed by atoms with Crippen LogP contribution in [0.25, 0.3) is 0 Å². The summed E-state index contributed by atoms with van der Waals surface area (Å²) in [5.41, 5.74) is 11.1. The average Bonchev–Trinajstić information content (AvgIpc) is 2.95. The third-order valence-corrected chi connectivity index (χ3v) is 2.74. The third-order valence-electron chi connectivity index (χ3n) is 2.01. The van der Waals surface area contributed by atoms with Crippen LogP contribution in [0.3, 0.4) is 0 Å². The van der Waals surface area contributed by atoms with E-state index in [0.717, 1.165) is 0 Å². The number of nitrogens with one attached hydrogen (secondary N) is 2. The summed E-state index contributed by atoms with van der Waals surface area (Å²) in [6.45, 7) is 0. The molecule has 0 aliphatic heterocycles. The Balaban J connectivity index is 2.23. The largest absolute Gasteiger partial charge is 0.370 e. The minimum atomic E-state index is -0.266. The van der Waals surface area contributed by atoms with Crippen LogP contribution in [0.5, 0.6) is 0 Å². The van der Waals surface area contributed by atoms with E-state index in [-0.39, 0.29) is 17.4 Å². The molecule has 0 aliphatic rings. The normalized spacial score (nSPS) is 10.1. The van der Waals surface area contributed by atoms with Gasteiger partial charge in [0.25, 0.3) is 0 Å². The Kier molecular flexibility index (Phi) is 3.24. The van der Waals surface area contributed by atoms with Crippen LogP contribution in [0.2, 0.25) is 0 Å². The lowest BCUT2D eigenvalue weighted by molar-refractivity contribution is 0.103. The molecule has 2 rings (SSSR count). The molecule has 0 atom stereocenters. The van der Waals surface area contributed by atoms with Crippen molar-refractivity contribution in [3.63, 3.8) is 0 Å². The second-order valence-electron chi connectivity index (χ2n) is 3.28.